The minimum Gasteiger partial charge on any atom is -0.295 e. The molecular formula is C16H13F3OS. The van der Waals surface area contributed by atoms with Crippen LogP contribution in [0.2, 0.25) is 0 Å². The monoisotopic (exact) mass is 310 g/mol. The number of allylic oxidation sites excluding steroid dienone is 3. The second-order valence-corrected chi connectivity index (χ2v) is 6.34. The molecule has 1 saturated carbocycles. The second-order valence-electron chi connectivity index (χ2n) is 5.13. The van der Waals surface area contributed by atoms with E-state index in [0.717, 1.165) is 11.8 Å². The molecule has 0 spiro atoms. The minimum absolute atomic E-state index is 0.0200. The lowest BCUT2D eigenvalue weighted by Gasteiger charge is -2.30. The number of alkyl halides is 3. The molecule has 0 N–H and O–H groups in total. The molecule has 5 heteroatoms. The number of rotatable bonds is 1. The third-order valence-corrected chi connectivity index (χ3v) is 5.15. The fraction of sp³-hybridized carbons (Fsp3) is 0.312. The van der Waals surface area contributed by atoms with Crippen LogP contribution in [0.25, 0.3) is 5.57 Å². The maximum Gasteiger partial charge on any atom is 0.422 e. The van der Waals surface area contributed by atoms with Gasteiger partial charge in [0.1, 0.15) is 0 Å². The lowest BCUT2D eigenvalue weighted by atomic mass is 9.89. The average Bonchev–Trinajstić information content (AvgIpc) is 2.46. The molecule has 2 aliphatic rings. The predicted molar refractivity (Wildman–Crippen MR) is 77.7 cm³/mol. The van der Waals surface area contributed by atoms with Crippen molar-refractivity contribution in [3.05, 3.63) is 52.4 Å². The lowest BCUT2D eigenvalue weighted by molar-refractivity contribution is -0.116. The fourth-order valence-corrected chi connectivity index (χ4v) is 4.03. The molecule has 1 aromatic carbocycles. The highest BCUT2D eigenvalue weighted by Crippen LogP contribution is 2.49. The molecule has 1 unspecified atom stereocenters. The van der Waals surface area contributed by atoms with Crippen molar-refractivity contribution < 1.29 is 18.0 Å². The van der Waals surface area contributed by atoms with Crippen LogP contribution >= 0.6 is 11.8 Å². The SMILES string of the molecule is O=C1CCCC2SC(C(F)(F)F)=C(c3ccccc3)C=C12. The number of thioether (sulfide) groups is 1. The maximum atomic E-state index is 13.3. The molecule has 1 fully saturated rings. The molecule has 0 saturated heterocycles. The van der Waals surface area contributed by atoms with Gasteiger partial charge in [-0.15, -0.1) is 11.8 Å². The Balaban J connectivity index is 2.14. The van der Waals surface area contributed by atoms with Gasteiger partial charge in [0.05, 0.1) is 4.91 Å². The Hall–Kier alpha value is -1.49. The zero-order chi connectivity index (χ0) is 15.0. The zero-order valence-corrected chi connectivity index (χ0v) is 11.9. The fourth-order valence-electron chi connectivity index (χ4n) is 2.70. The highest BCUT2D eigenvalue weighted by Gasteiger charge is 2.42. The van der Waals surface area contributed by atoms with Gasteiger partial charge < -0.3 is 0 Å². The van der Waals surface area contributed by atoms with Crippen molar-refractivity contribution in [1.82, 2.24) is 0 Å². The number of fused-ring (bicyclic) bond motifs is 1. The summed E-state index contributed by atoms with van der Waals surface area (Å²) in [4.78, 5) is 11.4. The third-order valence-electron chi connectivity index (χ3n) is 3.69. The Morgan fingerprint density at radius 1 is 1.14 bits per heavy atom. The van der Waals surface area contributed by atoms with Gasteiger partial charge in [0.2, 0.25) is 0 Å². The van der Waals surface area contributed by atoms with E-state index in [2.05, 4.69) is 0 Å². The number of hydrogen-bond acceptors (Lipinski definition) is 2. The van der Waals surface area contributed by atoms with E-state index in [1.165, 1.54) is 6.08 Å². The maximum absolute atomic E-state index is 13.3. The summed E-state index contributed by atoms with van der Waals surface area (Å²) in [6.45, 7) is 0. The van der Waals surface area contributed by atoms with Gasteiger partial charge >= 0.3 is 6.18 Å². The summed E-state index contributed by atoms with van der Waals surface area (Å²) < 4.78 is 40.0. The normalized spacial score (nSPS) is 22.9. The van der Waals surface area contributed by atoms with Crippen molar-refractivity contribution in [2.24, 2.45) is 0 Å². The molecule has 1 aromatic rings. The van der Waals surface area contributed by atoms with E-state index in [-0.39, 0.29) is 16.6 Å². The summed E-state index contributed by atoms with van der Waals surface area (Å²) >= 11 is 0.795. The molecule has 0 radical (unpaired) electrons. The van der Waals surface area contributed by atoms with Gasteiger partial charge in [-0.25, -0.2) is 0 Å². The average molecular weight is 310 g/mol. The first kappa shape index (κ1) is 14.4. The van der Waals surface area contributed by atoms with Crippen molar-refractivity contribution in [1.29, 1.82) is 0 Å². The van der Waals surface area contributed by atoms with Crippen LogP contribution in [0.1, 0.15) is 24.8 Å². The highest BCUT2D eigenvalue weighted by atomic mass is 32.2. The molecule has 1 heterocycles. The first-order chi connectivity index (χ1) is 9.97. The Labute approximate surface area is 124 Å². The number of ketones is 1. The summed E-state index contributed by atoms with van der Waals surface area (Å²) in [5.41, 5.74) is 1.16. The highest BCUT2D eigenvalue weighted by molar-refractivity contribution is 8.04. The van der Waals surface area contributed by atoms with E-state index in [9.17, 15) is 18.0 Å². The van der Waals surface area contributed by atoms with Crippen LogP contribution in [-0.2, 0) is 4.79 Å². The molecule has 0 aromatic heterocycles. The number of carbonyl (C=O) groups is 1. The van der Waals surface area contributed by atoms with Gasteiger partial charge in [-0.2, -0.15) is 13.2 Å². The summed E-state index contributed by atoms with van der Waals surface area (Å²) in [6.07, 6.45) is -1.20. The van der Waals surface area contributed by atoms with Crippen molar-refractivity contribution in [2.45, 2.75) is 30.7 Å². The molecule has 1 aliphatic carbocycles. The van der Waals surface area contributed by atoms with Gasteiger partial charge in [-0.1, -0.05) is 30.3 Å². The Morgan fingerprint density at radius 3 is 2.52 bits per heavy atom. The third kappa shape index (κ3) is 2.79. The van der Waals surface area contributed by atoms with E-state index in [4.69, 9.17) is 0 Å². The largest absolute Gasteiger partial charge is 0.422 e. The smallest absolute Gasteiger partial charge is 0.295 e. The first-order valence-electron chi connectivity index (χ1n) is 6.75. The van der Waals surface area contributed by atoms with Crippen molar-refractivity contribution in [2.75, 3.05) is 0 Å². The topological polar surface area (TPSA) is 17.1 Å². The van der Waals surface area contributed by atoms with Crippen LogP contribution in [0.5, 0.6) is 0 Å². The van der Waals surface area contributed by atoms with Gasteiger partial charge in [0, 0.05) is 22.8 Å². The van der Waals surface area contributed by atoms with Crippen LogP contribution in [0, 0.1) is 0 Å². The summed E-state index contributed by atoms with van der Waals surface area (Å²) in [5.74, 6) is -0.0200. The quantitative estimate of drug-likeness (QED) is 0.744. The molecule has 1 nitrogen and oxygen atoms in total. The predicted octanol–water partition coefficient (Wildman–Crippen LogP) is 4.75. The first-order valence-corrected chi connectivity index (χ1v) is 7.63. The number of hydrogen-bond donors (Lipinski definition) is 0. The van der Waals surface area contributed by atoms with Crippen molar-refractivity contribution in [3.63, 3.8) is 0 Å². The van der Waals surface area contributed by atoms with Crippen LogP contribution in [0.15, 0.2) is 46.9 Å². The Kier molecular flexibility index (Phi) is 3.69. The molecule has 21 heavy (non-hydrogen) atoms. The number of halogens is 3. The summed E-state index contributed by atoms with van der Waals surface area (Å²) in [5, 5.41) is -0.352. The lowest BCUT2D eigenvalue weighted by Crippen LogP contribution is -2.26. The standard InChI is InChI=1S/C16H13F3OS/c17-16(18,19)15-11(10-5-2-1-3-6-10)9-12-13(20)7-4-8-14(12)21-15/h1-3,5-6,9,14H,4,7-8H2. The summed E-state index contributed by atoms with van der Waals surface area (Å²) in [7, 11) is 0. The van der Waals surface area contributed by atoms with E-state index in [1.54, 1.807) is 30.3 Å². The van der Waals surface area contributed by atoms with Gasteiger partial charge in [0.15, 0.2) is 5.78 Å². The van der Waals surface area contributed by atoms with E-state index in [1.807, 2.05) is 0 Å². The second kappa shape index (κ2) is 5.37. The Bertz CT molecular complexity index is 629. The van der Waals surface area contributed by atoms with Crippen molar-refractivity contribution in [3.8, 4) is 0 Å². The molecule has 1 atom stereocenters. The van der Waals surface area contributed by atoms with Crippen LogP contribution in [-0.4, -0.2) is 17.2 Å². The summed E-state index contributed by atoms with van der Waals surface area (Å²) in [6, 6.07) is 8.45. The molecule has 3 rings (SSSR count). The molecule has 1 aliphatic heterocycles. The molecule has 0 bridgehead atoms. The number of carbonyl (C=O) groups excluding carboxylic acids is 1. The number of benzene rings is 1. The van der Waals surface area contributed by atoms with Crippen LogP contribution < -0.4 is 0 Å². The van der Waals surface area contributed by atoms with Gasteiger partial charge in [-0.05, 0) is 24.5 Å². The van der Waals surface area contributed by atoms with Crippen molar-refractivity contribution >= 4 is 23.1 Å². The van der Waals surface area contributed by atoms with Gasteiger partial charge in [-0.3, -0.25) is 4.79 Å². The van der Waals surface area contributed by atoms with Crippen LogP contribution in [0.3, 0.4) is 0 Å². The zero-order valence-electron chi connectivity index (χ0n) is 11.1. The molecule has 110 valence electrons. The van der Waals surface area contributed by atoms with E-state index >= 15 is 0 Å². The number of Topliss-reactive ketones (excluding diaryl/α,β-unsaturated/α-hetero) is 1. The van der Waals surface area contributed by atoms with Gasteiger partial charge in [0.25, 0.3) is 0 Å². The van der Waals surface area contributed by atoms with E-state index < -0.39 is 11.1 Å². The Morgan fingerprint density at radius 2 is 1.86 bits per heavy atom. The molecular weight excluding hydrogens is 297 g/mol. The van der Waals surface area contributed by atoms with Crippen LogP contribution in [0.4, 0.5) is 13.2 Å². The molecule has 0 amide bonds. The minimum atomic E-state index is -4.39. The van der Waals surface area contributed by atoms with E-state index in [0.29, 0.717) is 30.4 Å².